The Labute approximate surface area is 171 Å². The second-order valence-electron chi connectivity index (χ2n) is 7.18. The molecule has 2 aromatic carbocycles. The third kappa shape index (κ3) is 5.00. The van der Waals surface area contributed by atoms with Gasteiger partial charge in [-0.1, -0.05) is 48.5 Å². The molecule has 1 aliphatic rings. The van der Waals surface area contributed by atoms with Crippen LogP contribution in [0.15, 0.2) is 65.9 Å². The molecule has 0 saturated carbocycles. The minimum atomic E-state index is 0.721. The second kappa shape index (κ2) is 9.34. The average Bonchev–Trinajstić information content (AvgIpc) is 3.31. The number of piperazine rings is 1. The molecule has 1 fully saturated rings. The number of hydrogen-bond acceptors (Lipinski definition) is 4. The number of aromatic nitrogens is 3. The molecule has 2 heterocycles. The van der Waals surface area contributed by atoms with Crippen LogP contribution in [0.25, 0.3) is 11.4 Å². The molecular weight excluding hydrogens is 362 g/mol. The number of nitrogens with one attached hydrogen (secondary N) is 2. The Morgan fingerprint density at radius 1 is 1.03 bits per heavy atom. The Kier molecular flexibility index (Phi) is 6.16. The highest BCUT2D eigenvalue weighted by Crippen LogP contribution is 2.15. The van der Waals surface area contributed by atoms with E-state index in [1.807, 2.05) is 19.2 Å². The van der Waals surface area contributed by atoms with Gasteiger partial charge in [-0.05, 0) is 17.2 Å². The minimum absolute atomic E-state index is 0.721. The Balaban J connectivity index is 1.30. The summed E-state index contributed by atoms with van der Waals surface area (Å²) in [5.74, 6) is 1.74. The maximum atomic E-state index is 4.49. The van der Waals surface area contributed by atoms with Gasteiger partial charge in [-0.25, -0.2) is 4.98 Å². The Morgan fingerprint density at radius 2 is 1.83 bits per heavy atom. The van der Waals surface area contributed by atoms with E-state index in [1.54, 1.807) is 0 Å². The van der Waals surface area contributed by atoms with Gasteiger partial charge in [-0.15, -0.1) is 0 Å². The zero-order chi connectivity index (χ0) is 19.9. The van der Waals surface area contributed by atoms with E-state index in [0.29, 0.717) is 0 Å². The van der Waals surface area contributed by atoms with Crippen LogP contribution >= 0.6 is 0 Å². The SMILES string of the molecule is CN=C(NCc1cccc(-c2ncn[nH]2)c1)N1CCN(Cc2ccccc2)CC1. The summed E-state index contributed by atoms with van der Waals surface area (Å²) in [5.41, 5.74) is 3.59. The van der Waals surface area contributed by atoms with Crippen molar-refractivity contribution >= 4 is 5.96 Å². The highest BCUT2D eigenvalue weighted by atomic mass is 15.3. The first-order chi connectivity index (χ1) is 14.3. The largest absolute Gasteiger partial charge is 0.352 e. The lowest BCUT2D eigenvalue weighted by atomic mass is 10.1. The van der Waals surface area contributed by atoms with E-state index in [2.05, 4.69) is 77.8 Å². The fraction of sp³-hybridized carbons (Fsp3) is 0.318. The van der Waals surface area contributed by atoms with Crippen molar-refractivity contribution in [3.05, 3.63) is 72.1 Å². The van der Waals surface area contributed by atoms with E-state index in [-0.39, 0.29) is 0 Å². The van der Waals surface area contributed by atoms with Crippen molar-refractivity contribution in [2.24, 2.45) is 4.99 Å². The molecule has 3 aromatic rings. The first-order valence-corrected chi connectivity index (χ1v) is 9.98. The molecule has 7 nitrogen and oxygen atoms in total. The van der Waals surface area contributed by atoms with Gasteiger partial charge in [0.2, 0.25) is 0 Å². The van der Waals surface area contributed by atoms with Gasteiger partial charge in [0.15, 0.2) is 11.8 Å². The van der Waals surface area contributed by atoms with Crippen molar-refractivity contribution < 1.29 is 0 Å². The predicted molar refractivity (Wildman–Crippen MR) is 115 cm³/mol. The van der Waals surface area contributed by atoms with Gasteiger partial charge in [-0.3, -0.25) is 15.0 Å². The number of benzene rings is 2. The zero-order valence-corrected chi connectivity index (χ0v) is 16.8. The second-order valence-corrected chi connectivity index (χ2v) is 7.18. The standard InChI is InChI=1S/C22H27N7/c1-23-22(24-15-19-8-5-9-20(14-19)21-25-17-26-27-21)29-12-10-28(11-13-29)16-18-6-3-2-4-7-18/h2-9,14,17H,10-13,15-16H2,1H3,(H,23,24)(H,25,26,27). The summed E-state index contributed by atoms with van der Waals surface area (Å²) < 4.78 is 0. The number of aliphatic imine (C=N–C) groups is 1. The van der Waals surface area contributed by atoms with Crippen molar-refractivity contribution in [1.29, 1.82) is 0 Å². The van der Waals surface area contributed by atoms with Crippen molar-refractivity contribution in [2.75, 3.05) is 33.2 Å². The van der Waals surface area contributed by atoms with Gasteiger partial charge >= 0.3 is 0 Å². The number of nitrogens with zero attached hydrogens (tertiary/aromatic N) is 5. The molecule has 0 aliphatic carbocycles. The molecule has 1 aliphatic heterocycles. The fourth-order valence-corrected chi connectivity index (χ4v) is 3.65. The van der Waals surface area contributed by atoms with Crippen LogP contribution in [0.5, 0.6) is 0 Å². The van der Waals surface area contributed by atoms with Crippen LogP contribution in [-0.2, 0) is 13.1 Å². The molecule has 1 saturated heterocycles. The van der Waals surface area contributed by atoms with Crippen LogP contribution in [0.4, 0.5) is 0 Å². The van der Waals surface area contributed by atoms with Crippen molar-refractivity contribution in [3.8, 4) is 11.4 Å². The molecule has 4 rings (SSSR count). The molecule has 0 unspecified atom stereocenters. The van der Waals surface area contributed by atoms with E-state index < -0.39 is 0 Å². The summed E-state index contributed by atoms with van der Waals surface area (Å²) in [4.78, 5) is 13.6. The molecule has 0 radical (unpaired) electrons. The van der Waals surface area contributed by atoms with E-state index in [4.69, 9.17) is 0 Å². The third-order valence-electron chi connectivity index (χ3n) is 5.20. The summed E-state index contributed by atoms with van der Waals surface area (Å²) in [5, 5.41) is 10.3. The lowest BCUT2D eigenvalue weighted by Gasteiger charge is -2.36. The Bertz CT molecular complexity index is 913. The Hall–Kier alpha value is -3.19. The van der Waals surface area contributed by atoms with Gasteiger partial charge in [0.1, 0.15) is 6.33 Å². The molecular formula is C22H27N7. The van der Waals surface area contributed by atoms with Gasteiger partial charge < -0.3 is 10.2 Å². The summed E-state index contributed by atoms with van der Waals surface area (Å²) in [7, 11) is 1.85. The number of aromatic amines is 1. The lowest BCUT2D eigenvalue weighted by molar-refractivity contribution is 0.172. The molecule has 29 heavy (non-hydrogen) atoms. The first-order valence-electron chi connectivity index (χ1n) is 9.98. The van der Waals surface area contributed by atoms with Gasteiger partial charge in [0, 0.05) is 51.9 Å². The Morgan fingerprint density at radius 3 is 2.55 bits per heavy atom. The lowest BCUT2D eigenvalue weighted by Crippen LogP contribution is -2.52. The normalized spacial score (nSPS) is 15.5. The summed E-state index contributed by atoms with van der Waals surface area (Å²) >= 11 is 0. The smallest absolute Gasteiger partial charge is 0.194 e. The number of guanidine groups is 1. The van der Waals surface area contributed by atoms with Crippen LogP contribution in [0.1, 0.15) is 11.1 Å². The van der Waals surface area contributed by atoms with Crippen molar-refractivity contribution in [3.63, 3.8) is 0 Å². The van der Waals surface area contributed by atoms with Crippen LogP contribution in [-0.4, -0.2) is 64.2 Å². The van der Waals surface area contributed by atoms with Gasteiger partial charge in [0.25, 0.3) is 0 Å². The van der Waals surface area contributed by atoms with E-state index >= 15 is 0 Å². The van der Waals surface area contributed by atoms with E-state index in [9.17, 15) is 0 Å². The molecule has 0 atom stereocenters. The maximum absolute atomic E-state index is 4.49. The van der Waals surface area contributed by atoms with Crippen LogP contribution in [0.3, 0.4) is 0 Å². The zero-order valence-electron chi connectivity index (χ0n) is 16.8. The molecule has 0 amide bonds. The quantitative estimate of drug-likeness (QED) is 0.518. The summed E-state index contributed by atoms with van der Waals surface area (Å²) in [6, 6.07) is 19.0. The molecule has 150 valence electrons. The highest BCUT2D eigenvalue weighted by molar-refractivity contribution is 5.80. The molecule has 2 N–H and O–H groups in total. The number of hydrogen-bond donors (Lipinski definition) is 2. The van der Waals surface area contributed by atoms with Crippen LogP contribution < -0.4 is 5.32 Å². The molecule has 0 spiro atoms. The van der Waals surface area contributed by atoms with Gasteiger partial charge in [0.05, 0.1) is 0 Å². The topological polar surface area (TPSA) is 72.4 Å². The monoisotopic (exact) mass is 389 g/mol. The van der Waals surface area contributed by atoms with Crippen molar-refractivity contribution in [2.45, 2.75) is 13.1 Å². The molecule has 7 heteroatoms. The fourth-order valence-electron chi connectivity index (χ4n) is 3.65. The summed E-state index contributed by atoms with van der Waals surface area (Å²) in [6.45, 7) is 5.76. The van der Waals surface area contributed by atoms with Crippen LogP contribution in [0, 0.1) is 0 Å². The predicted octanol–water partition coefficient (Wildman–Crippen LogP) is 2.36. The highest BCUT2D eigenvalue weighted by Gasteiger charge is 2.19. The maximum Gasteiger partial charge on any atom is 0.194 e. The van der Waals surface area contributed by atoms with Crippen molar-refractivity contribution in [1.82, 2.24) is 30.3 Å². The molecule has 1 aromatic heterocycles. The number of rotatable bonds is 5. The summed E-state index contributed by atoms with van der Waals surface area (Å²) in [6.07, 6.45) is 1.53. The third-order valence-corrected chi connectivity index (χ3v) is 5.20. The van der Waals surface area contributed by atoms with Gasteiger partial charge in [-0.2, -0.15) is 5.10 Å². The first kappa shape index (κ1) is 19.1. The van der Waals surface area contributed by atoms with E-state index in [0.717, 1.165) is 56.6 Å². The number of H-pyrrole nitrogens is 1. The van der Waals surface area contributed by atoms with E-state index in [1.165, 1.54) is 17.5 Å². The minimum Gasteiger partial charge on any atom is -0.352 e. The molecule has 0 bridgehead atoms. The van der Waals surface area contributed by atoms with Crippen LogP contribution in [0.2, 0.25) is 0 Å². The average molecular weight is 390 g/mol.